The molecule has 0 aliphatic carbocycles. The monoisotopic (exact) mass is 300 g/mol. The van der Waals surface area contributed by atoms with Gasteiger partial charge in [0, 0.05) is 6.20 Å². The summed E-state index contributed by atoms with van der Waals surface area (Å²) < 4.78 is 6.22. The molecule has 3 aromatic rings. The molecule has 0 fully saturated rings. The quantitative estimate of drug-likeness (QED) is 0.500. The van der Waals surface area contributed by atoms with E-state index in [0.29, 0.717) is 23.8 Å². The number of ether oxygens (including phenoxy) is 1. The van der Waals surface area contributed by atoms with Crippen molar-refractivity contribution in [1.29, 1.82) is 0 Å². The molecule has 4 N–H and O–H groups in total. The van der Waals surface area contributed by atoms with Crippen LogP contribution in [-0.2, 0) is 17.8 Å². The average molecular weight is 300 g/mol. The van der Waals surface area contributed by atoms with Crippen LogP contribution < -0.4 is 5.73 Å². The first-order valence-electron chi connectivity index (χ1n) is 6.71. The number of rotatable bonds is 5. The fourth-order valence-corrected chi connectivity index (χ4v) is 2.60. The van der Waals surface area contributed by atoms with Crippen LogP contribution in [0.2, 0.25) is 0 Å². The van der Waals surface area contributed by atoms with Crippen LogP contribution in [0, 0.1) is 4.64 Å². The molecular formula is C15H16N4OS. The average Bonchev–Trinajstić information content (AvgIpc) is 2.88. The number of aromatic nitrogens is 3. The molecule has 5 nitrogen and oxygen atoms in total. The minimum absolute atomic E-state index is 0.321. The summed E-state index contributed by atoms with van der Waals surface area (Å²) in [5.41, 5.74) is 8.71. The molecule has 0 saturated heterocycles. The van der Waals surface area contributed by atoms with Gasteiger partial charge in [0.15, 0.2) is 5.95 Å². The molecule has 0 aliphatic rings. The molecule has 0 amide bonds. The number of nitrogen functional groups attached to an aromatic ring is 1. The van der Waals surface area contributed by atoms with Gasteiger partial charge < -0.3 is 20.4 Å². The molecule has 1 aromatic carbocycles. The van der Waals surface area contributed by atoms with Gasteiger partial charge in [0.05, 0.1) is 18.6 Å². The normalized spacial score (nSPS) is 11.0. The Morgan fingerprint density at radius 3 is 2.86 bits per heavy atom. The molecule has 0 radical (unpaired) electrons. The molecule has 0 aliphatic heterocycles. The van der Waals surface area contributed by atoms with Gasteiger partial charge in [-0.2, -0.15) is 0 Å². The smallest absolute Gasteiger partial charge is 0.200 e. The zero-order chi connectivity index (χ0) is 14.7. The Hall–Kier alpha value is -2.18. The Morgan fingerprint density at radius 2 is 2.05 bits per heavy atom. The third-order valence-corrected chi connectivity index (χ3v) is 3.57. The van der Waals surface area contributed by atoms with Crippen molar-refractivity contribution in [3.63, 3.8) is 0 Å². The van der Waals surface area contributed by atoms with Crippen molar-refractivity contribution in [3.8, 4) is 0 Å². The molecule has 0 unspecified atom stereocenters. The predicted molar refractivity (Wildman–Crippen MR) is 85.5 cm³/mol. The van der Waals surface area contributed by atoms with Crippen molar-refractivity contribution >= 4 is 29.2 Å². The van der Waals surface area contributed by atoms with Crippen LogP contribution >= 0.6 is 12.2 Å². The second-order valence-corrected chi connectivity index (χ2v) is 5.17. The number of nitrogens with two attached hydrogens (primary N) is 1. The van der Waals surface area contributed by atoms with E-state index in [2.05, 4.69) is 27.1 Å². The topological polar surface area (TPSA) is 79.7 Å². The van der Waals surface area contributed by atoms with Crippen LogP contribution in [-0.4, -0.2) is 21.6 Å². The SMILES string of the molecule is Nc1nc(=S)c2c(CCOCc3ccccc3)c[nH]c2[nH]1. The molecule has 108 valence electrons. The summed E-state index contributed by atoms with van der Waals surface area (Å²) in [6.45, 7) is 1.24. The second-order valence-electron chi connectivity index (χ2n) is 4.78. The van der Waals surface area contributed by atoms with Crippen molar-refractivity contribution in [2.24, 2.45) is 0 Å². The number of fused-ring (bicyclic) bond motifs is 1. The molecule has 0 spiro atoms. The first kappa shape index (κ1) is 13.8. The lowest BCUT2D eigenvalue weighted by Gasteiger charge is -2.04. The van der Waals surface area contributed by atoms with Crippen LogP contribution in [0.5, 0.6) is 0 Å². The van der Waals surface area contributed by atoms with Crippen LogP contribution in [0.3, 0.4) is 0 Å². The van der Waals surface area contributed by atoms with Crippen LogP contribution in [0.1, 0.15) is 11.1 Å². The summed E-state index contributed by atoms with van der Waals surface area (Å²) in [7, 11) is 0. The number of anilines is 1. The highest BCUT2D eigenvalue weighted by Gasteiger charge is 2.07. The number of hydrogen-bond donors (Lipinski definition) is 3. The van der Waals surface area contributed by atoms with Crippen molar-refractivity contribution in [2.45, 2.75) is 13.0 Å². The summed E-state index contributed by atoms with van der Waals surface area (Å²) in [5, 5.41) is 0.919. The molecule has 2 aromatic heterocycles. The van der Waals surface area contributed by atoms with Crippen molar-refractivity contribution in [2.75, 3.05) is 12.3 Å². The Morgan fingerprint density at radius 1 is 1.24 bits per heavy atom. The maximum absolute atomic E-state index is 5.70. The van der Waals surface area contributed by atoms with Gasteiger partial charge in [0.25, 0.3) is 0 Å². The van der Waals surface area contributed by atoms with Crippen molar-refractivity contribution < 1.29 is 4.74 Å². The lowest BCUT2D eigenvalue weighted by atomic mass is 10.2. The fraction of sp³-hybridized carbons (Fsp3) is 0.200. The van der Waals surface area contributed by atoms with Gasteiger partial charge in [-0.15, -0.1) is 0 Å². The zero-order valence-electron chi connectivity index (χ0n) is 11.4. The summed E-state index contributed by atoms with van der Waals surface area (Å²) in [6, 6.07) is 10.1. The third-order valence-electron chi connectivity index (χ3n) is 3.28. The van der Waals surface area contributed by atoms with Gasteiger partial charge >= 0.3 is 0 Å². The molecule has 2 heterocycles. The van der Waals surface area contributed by atoms with Gasteiger partial charge in [-0.05, 0) is 17.5 Å². The Labute approximate surface area is 127 Å². The second kappa shape index (κ2) is 6.07. The first-order chi connectivity index (χ1) is 10.2. The number of nitrogens with one attached hydrogen (secondary N) is 2. The van der Waals surface area contributed by atoms with E-state index in [1.807, 2.05) is 24.4 Å². The highest BCUT2D eigenvalue weighted by molar-refractivity contribution is 7.71. The van der Waals surface area contributed by atoms with Gasteiger partial charge in [0.2, 0.25) is 0 Å². The molecule has 0 atom stereocenters. The molecular weight excluding hydrogens is 284 g/mol. The van der Waals surface area contributed by atoms with E-state index in [1.54, 1.807) is 0 Å². The molecule has 3 rings (SSSR count). The van der Waals surface area contributed by atoms with Crippen molar-refractivity contribution in [1.82, 2.24) is 15.0 Å². The third kappa shape index (κ3) is 3.12. The summed E-state index contributed by atoms with van der Waals surface area (Å²) in [5.74, 6) is 0.321. The molecule has 21 heavy (non-hydrogen) atoms. The minimum Gasteiger partial charge on any atom is -0.376 e. The number of H-pyrrole nitrogens is 2. The minimum atomic E-state index is 0.321. The summed E-state index contributed by atoms with van der Waals surface area (Å²) in [6.07, 6.45) is 2.69. The summed E-state index contributed by atoms with van der Waals surface area (Å²) in [4.78, 5) is 10.2. The number of nitrogens with zero attached hydrogens (tertiary/aromatic N) is 1. The van der Waals surface area contributed by atoms with Gasteiger partial charge in [-0.25, -0.2) is 4.98 Å². The number of aromatic amines is 2. The van der Waals surface area contributed by atoms with Gasteiger partial charge in [-0.1, -0.05) is 42.5 Å². The highest BCUT2D eigenvalue weighted by atomic mass is 32.1. The van der Waals surface area contributed by atoms with E-state index in [4.69, 9.17) is 22.7 Å². The Balaban J connectivity index is 1.65. The maximum atomic E-state index is 5.70. The highest BCUT2D eigenvalue weighted by Crippen LogP contribution is 2.18. The van der Waals surface area contributed by atoms with E-state index >= 15 is 0 Å². The Bertz CT molecular complexity index is 794. The lowest BCUT2D eigenvalue weighted by Crippen LogP contribution is -1.99. The van der Waals surface area contributed by atoms with E-state index in [1.165, 1.54) is 5.56 Å². The maximum Gasteiger partial charge on any atom is 0.200 e. The van der Waals surface area contributed by atoms with E-state index < -0.39 is 0 Å². The lowest BCUT2D eigenvalue weighted by molar-refractivity contribution is 0.124. The standard InChI is InChI=1S/C15H16N4OS/c16-15-18-13-12(14(21)19-15)11(8-17-13)6-7-20-9-10-4-2-1-3-5-10/h1-5,8H,6-7,9H2,(H4,16,17,18,19,21). The molecule has 0 saturated carbocycles. The van der Waals surface area contributed by atoms with E-state index in [-0.39, 0.29) is 0 Å². The first-order valence-corrected chi connectivity index (χ1v) is 7.12. The predicted octanol–water partition coefficient (Wildman–Crippen LogP) is 2.96. The number of benzene rings is 1. The molecule has 0 bridgehead atoms. The van der Waals surface area contributed by atoms with Crippen LogP contribution in [0.25, 0.3) is 11.0 Å². The Kier molecular flexibility index (Phi) is 3.98. The van der Waals surface area contributed by atoms with Gasteiger partial charge in [0.1, 0.15) is 10.3 Å². The summed E-state index contributed by atoms with van der Waals surface area (Å²) >= 11 is 5.27. The number of hydrogen-bond acceptors (Lipinski definition) is 4. The zero-order valence-corrected chi connectivity index (χ0v) is 12.2. The fourth-order valence-electron chi connectivity index (χ4n) is 2.27. The van der Waals surface area contributed by atoms with Crippen molar-refractivity contribution in [3.05, 3.63) is 52.3 Å². The largest absolute Gasteiger partial charge is 0.376 e. The van der Waals surface area contributed by atoms with E-state index in [9.17, 15) is 0 Å². The van der Waals surface area contributed by atoms with Gasteiger partial charge in [-0.3, -0.25) is 0 Å². The van der Waals surface area contributed by atoms with Crippen LogP contribution in [0.4, 0.5) is 5.95 Å². The van der Waals surface area contributed by atoms with E-state index in [0.717, 1.165) is 23.0 Å². The van der Waals surface area contributed by atoms with Crippen LogP contribution in [0.15, 0.2) is 36.5 Å². The molecule has 6 heteroatoms.